The minimum atomic E-state index is 0.591. The van der Waals surface area contributed by atoms with Crippen molar-refractivity contribution < 1.29 is 0 Å². The van der Waals surface area contributed by atoms with Crippen LogP contribution in [0.5, 0.6) is 0 Å². The Bertz CT molecular complexity index is 678. The molecule has 0 radical (unpaired) electrons. The quantitative estimate of drug-likeness (QED) is 0.529. The average Bonchev–Trinajstić information content (AvgIpc) is 3.33. The van der Waals surface area contributed by atoms with Crippen molar-refractivity contribution in [1.29, 1.82) is 0 Å². The molecule has 2 aromatic rings. The molecule has 0 amide bonds. The fraction of sp³-hybridized carbons (Fsp3) is 0.375. The molecule has 2 saturated carbocycles. The molecule has 0 aliphatic heterocycles. The van der Waals surface area contributed by atoms with Crippen molar-refractivity contribution in [2.75, 3.05) is 0 Å². The topological polar surface area (TPSA) is 25.8 Å². The lowest BCUT2D eigenvalue weighted by Gasteiger charge is -2.08. The van der Waals surface area contributed by atoms with E-state index in [2.05, 4.69) is 51.8 Å². The third-order valence-electron chi connectivity index (χ3n) is 3.99. The molecule has 0 spiro atoms. The van der Waals surface area contributed by atoms with Crippen molar-refractivity contribution in [3.8, 4) is 11.4 Å². The van der Waals surface area contributed by atoms with Gasteiger partial charge < -0.3 is 0 Å². The minimum Gasteiger partial charge on any atom is -0.232 e. The van der Waals surface area contributed by atoms with Crippen molar-refractivity contribution in [3.63, 3.8) is 0 Å². The highest BCUT2D eigenvalue weighted by Gasteiger charge is 2.29. The van der Waals surface area contributed by atoms with Gasteiger partial charge in [-0.1, -0.05) is 29.8 Å². The molecule has 2 fully saturated rings. The van der Waals surface area contributed by atoms with E-state index in [-0.39, 0.29) is 0 Å². The molecule has 2 aliphatic carbocycles. The molecule has 1 aromatic carbocycles. The van der Waals surface area contributed by atoms with Gasteiger partial charge >= 0.3 is 0 Å². The molecule has 0 N–H and O–H groups in total. The summed E-state index contributed by atoms with van der Waals surface area (Å²) in [5.74, 6) is 2.12. The van der Waals surface area contributed by atoms with Crippen LogP contribution in [0.4, 0.5) is 0 Å². The fourth-order valence-corrected chi connectivity index (χ4v) is 3.40. The van der Waals surface area contributed by atoms with E-state index in [0.29, 0.717) is 11.1 Å². The van der Waals surface area contributed by atoms with Gasteiger partial charge in [0, 0.05) is 11.5 Å². The smallest absolute Gasteiger partial charge is 0.161 e. The molecule has 1 heterocycles. The average molecular weight is 397 g/mol. The summed E-state index contributed by atoms with van der Waals surface area (Å²) in [7, 11) is 0. The fourth-order valence-electron chi connectivity index (χ4n) is 2.54. The highest BCUT2D eigenvalue weighted by Crippen LogP contribution is 2.43. The lowest BCUT2D eigenvalue weighted by atomic mass is 10.1. The minimum absolute atomic E-state index is 0.591. The van der Waals surface area contributed by atoms with E-state index >= 15 is 0 Å². The molecule has 0 unspecified atom stereocenters. The molecular weight excluding hydrogens is 383 g/mol. The predicted molar refractivity (Wildman–Crippen MR) is 89.1 cm³/mol. The first-order valence-corrected chi connectivity index (χ1v) is 8.51. The second-order valence-electron chi connectivity index (χ2n) is 5.71. The molecule has 4 rings (SSSR count). The van der Waals surface area contributed by atoms with Gasteiger partial charge in [-0.3, -0.25) is 0 Å². The molecule has 2 nitrogen and oxygen atoms in total. The lowest BCUT2D eigenvalue weighted by molar-refractivity contribution is 0.977. The van der Waals surface area contributed by atoms with Gasteiger partial charge in [-0.15, -0.1) is 0 Å². The van der Waals surface area contributed by atoms with E-state index in [1.54, 1.807) is 0 Å². The van der Waals surface area contributed by atoms with Crippen LogP contribution in [0, 0.1) is 3.57 Å². The van der Waals surface area contributed by atoms with Crippen molar-refractivity contribution >= 4 is 34.2 Å². The summed E-state index contributed by atoms with van der Waals surface area (Å²) >= 11 is 8.56. The Morgan fingerprint density at radius 1 is 1.05 bits per heavy atom. The van der Waals surface area contributed by atoms with Crippen LogP contribution >= 0.6 is 34.2 Å². The molecule has 0 bridgehead atoms. The third-order valence-corrected chi connectivity index (χ3v) is 5.65. The standard InChI is InChI=1S/C16H14ClIN2/c17-15-13(18)14(10-6-7-10)19-16(20-15)12-3-1-2-11(8-12)9-4-5-9/h1-3,8-10H,4-7H2. The highest BCUT2D eigenvalue weighted by atomic mass is 127. The van der Waals surface area contributed by atoms with Gasteiger partial charge in [0.2, 0.25) is 0 Å². The van der Waals surface area contributed by atoms with Crippen LogP contribution in [0.1, 0.15) is 48.8 Å². The van der Waals surface area contributed by atoms with Crippen molar-refractivity contribution in [1.82, 2.24) is 9.97 Å². The maximum atomic E-state index is 6.30. The molecule has 102 valence electrons. The van der Waals surface area contributed by atoms with E-state index in [1.165, 1.54) is 31.2 Å². The summed E-state index contributed by atoms with van der Waals surface area (Å²) in [6, 6.07) is 8.63. The molecule has 2 aliphatic rings. The molecule has 0 atom stereocenters. The lowest BCUT2D eigenvalue weighted by Crippen LogP contribution is -1.99. The summed E-state index contributed by atoms with van der Waals surface area (Å²) in [5.41, 5.74) is 3.64. The zero-order valence-electron chi connectivity index (χ0n) is 10.9. The maximum absolute atomic E-state index is 6.30. The van der Waals surface area contributed by atoms with Gasteiger partial charge in [0.15, 0.2) is 5.82 Å². The van der Waals surface area contributed by atoms with Crippen LogP contribution in [-0.2, 0) is 0 Å². The summed E-state index contributed by atoms with van der Waals surface area (Å²) in [6.07, 6.45) is 5.08. The number of aromatic nitrogens is 2. The first kappa shape index (κ1) is 13.0. The second kappa shape index (κ2) is 4.95. The number of benzene rings is 1. The largest absolute Gasteiger partial charge is 0.232 e. The van der Waals surface area contributed by atoms with Crippen LogP contribution < -0.4 is 0 Å². The van der Waals surface area contributed by atoms with Crippen LogP contribution in [0.15, 0.2) is 24.3 Å². The summed E-state index contributed by atoms with van der Waals surface area (Å²) in [4.78, 5) is 9.26. The van der Waals surface area contributed by atoms with E-state index in [4.69, 9.17) is 16.6 Å². The molecular formula is C16H14ClIN2. The highest BCUT2D eigenvalue weighted by molar-refractivity contribution is 14.1. The Balaban J connectivity index is 1.79. The van der Waals surface area contributed by atoms with E-state index < -0.39 is 0 Å². The van der Waals surface area contributed by atoms with Gasteiger partial charge in [-0.25, -0.2) is 9.97 Å². The van der Waals surface area contributed by atoms with Crippen LogP contribution in [-0.4, -0.2) is 9.97 Å². The number of nitrogens with zero attached hydrogens (tertiary/aromatic N) is 2. The van der Waals surface area contributed by atoms with Crippen molar-refractivity contribution in [2.45, 2.75) is 37.5 Å². The Labute approximate surface area is 137 Å². The van der Waals surface area contributed by atoms with E-state index in [0.717, 1.165) is 26.6 Å². The van der Waals surface area contributed by atoms with Gasteiger partial charge in [0.05, 0.1) is 9.26 Å². The second-order valence-corrected chi connectivity index (χ2v) is 7.15. The first-order valence-electron chi connectivity index (χ1n) is 7.05. The third kappa shape index (κ3) is 2.46. The predicted octanol–water partition coefficient (Wildman–Crippen LogP) is 5.16. The van der Waals surface area contributed by atoms with E-state index in [1.807, 2.05) is 0 Å². The normalized spacial score (nSPS) is 18.3. The zero-order valence-corrected chi connectivity index (χ0v) is 13.9. The van der Waals surface area contributed by atoms with Gasteiger partial charge in [-0.2, -0.15) is 0 Å². The van der Waals surface area contributed by atoms with Crippen molar-refractivity contribution in [2.24, 2.45) is 0 Å². The number of hydrogen-bond acceptors (Lipinski definition) is 2. The summed E-state index contributed by atoms with van der Waals surface area (Å²) < 4.78 is 1.02. The van der Waals surface area contributed by atoms with Crippen LogP contribution in [0.2, 0.25) is 5.15 Å². The SMILES string of the molecule is Clc1nc(-c2cccc(C3CC3)c2)nc(C2CC2)c1I. The Morgan fingerprint density at radius 2 is 1.80 bits per heavy atom. The number of hydrogen-bond donors (Lipinski definition) is 0. The maximum Gasteiger partial charge on any atom is 0.161 e. The van der Waals surface area contributed by atoms with Crippen LogP contribution in [0.25, 0.3) is 11.4 Å². The molecule has 20 heavy (non-hydrogen) atoms. The summed E-state index contributed by atoms with van der Waals surface area (Å²) in [5, 5.41) is 0.592. The summed E-state index contributed by atoms with van der Waals surface area (Å²) in [6.45, 7) is 0. The van der Waals surface area contributed by atoms with Crippen molar-refractivity contribution in [3.05, 3.63) is 44.2 Å². The number of rotatable bonds is 3. The molecule has 4 heteroatoms. The molecule has 0 saturated heterocycles. The Kier molecular flexibility index (Phi) is 3.22. The zero-order chi connectivity index (χ0) is 13.7. The van der Waals surface area contributed by atoms with Gasteiger partial charge in [-0.05, 0) is 65.8 Å². The van der Waals surface area contributed by atoms with Gasteiger partial charge in [0.1, 0.15) is 5.15 Å². The van der Waals surface area contributed by atoms with E-state index in [9.17, 15) is 0 Å². The monoisotopic (exact) mass is 396 g/mol. The van der Waals surface area contributed by atoms with Crippen LogP contribution in [0.3, 0.4) is 0 Å². The first-order chi connectivity index (χ1) is 9.72. The number of halogens is 2. The Hall–Kier alpha value is -0.680. The molecule has 1 aromatic heterocycles. The Morgan fingerprint density at radius 3 is 2.50 bits per heavy atom. The van der Waals surface area contributed by atoms with Gasteiger partial charge in [0.25, 0.3) is 0 Å².